The number of anilines is 2. The molecule has 0 atom stereocenters. The van der Waals surface area contributed by atoms with Crippen molar-refractivity contribution in [2.45, 2.75) is 13.8 Å². The minimum atomic E-state index is -0.307. The number of nitrogens with zero attached hydrogens (tertiary/aromatic N) is 1. The number of benzene rings is 2. The molecule has 0 aliphatic rings. The minimum absolute atomic E-state index is 0.213. The van der Waals surface area contributed by atoms with Crippen molar-refractivity contribution in [2.75, 3.05) is 11.1 Å². The second kappa shape index (κ2) is 7.05. The van der Waals surface area contributed by atoms with Crippen molar-refractivity contribution in [3.63, 3.8) is 0 Å². The van der Waals surface area contributed by atoms with Gasteiger partial charge in [0.25, 0.3) is 5.91 Å². The van der Waals surface area contributed by atoms with Crippen molar-refractivity contribution in [1.29, 1.82) is 0 Å². The summed E-state index contributed by atoms with van der Waals surface area (Å²) < 4.78 is 5.89. The number of carbonyl (C=O) groups is 1. The molecule has 0 spiro atoms. The number of nitrogen functional groups attached to an aromatic ring is 1. The molecule has 5 heteroatoms. The van der Waals surface area contributed by atoms with Gasteiger partial charge in [-0.2, -0.15) is 0 Å². The highest BCUT2D eigenvalue weighted by atomic mass is 16.5. The highest BCUT2D eigenvalue weighted by Crippen LogP contribution is 2.27. The third-order valence-electron chi connectivity index (χ3n) is 3.72. The molecule has 0 saturated carbocycles. The van der Waals surface area contributed by atoms with E-state index in [2.05, 4.69) is 10.3 Å². The zero-order valence-electron chi connectivity index (χ0n) is 14.1. The lowest BCUT2D eigenvalue weighted by atomic mass is 10.2. The Morgan fingerprint density at radius 2 is 1.84 bits per heavy atom. The third-order valence-corrected chi connectivity index (χ3v) is 3.72. The average Bonchev–Trinajstić information content (AvgIpc) is 2.57. The summed E-state index contributed by atoms with van der Waals surface area (Å²) in [5.74, 6) is 1.32. The first-order valence-corrected chi connectivity index (χ1v) is 7.91. The van der Waals surface area contributed by atoms with E-state index in [1.807, 2.05) is 50.2 Å². The van der Waals surface area contributed by atoms with Crippen molar-refractivity contribution < 1.29 is 9.53 Å². The standard InChI is InChI=1S/C20H19N3O2/c1-13-6-3-4-9-18(13)25-16-8-5-7-15(12-16)23-20(24)17-11-10-14(2)22-19(17)21/h3-12H,1-2H3,(H2,21,22)(H,23,24). The first-order chi connectivity index (χ1) is 12.0. The molecule has 0 fully saturated rings. The topological polar surface area (TPSA) is 77.2 Å². The lowest BCUT2D eigenvalue weighted by Crippen LogP contribution is -2.15. The number of rotatable bonds is 4. The van der Waals surface area contributed by atoms with E-state index < -0.39 is 0 Å². The van der Waals surface area contributed by atoms with Gasteiger partial charge in [0, 0.05) is 17.4 Å². The zero-order chi connectivity index (χ0) is 17.8. The van der Waals surface area contributed by atoms with Crippen LogP contribution >= 0.6 is 0 Å². The molecular weight excluding hydrogens is 314 g/mol. The molecule has 0 saturated heterocycles. The van der Waals surface area contributed by atoms with Crippen LogP contribution < -0.4 is 15.8 Å². The fourth-order valence-corrected chi connectivity index (χ4v) is 2.40. The number of ether oxygens (including phenoxy) is 1. The summed E-state index contributed by atoms with van der Waals surface area (Å²) in [6, 6.07) is 18.4. The predicted octanol–water partition coefficient (Wildman–Crippen LogP) is 4.33. The van der Waals surface area contributed by atoms with E-state index >= 15 is 0 Å². The minimum Gasteiger partial charge on any atom is -0.457 e. The molecule has 1 aromatic heterocycles. The molecule has 0 aliphatic heterocycles. The van der Waals surface area contributed by atoms with Crippen LogP contribution in [0.2, 0.25) is 0 Å². The van der Waals surface area contributed by atoms with Crippen LogP contribution in [0.4, 0.5) is 11.5 Å². The smallest absolute Gasteiger partial charge is 0.259 e. The van der Waals surface area contributed by atoms with Gasteiger partial charge in [0.05, 0.1) is 5.56 Å². The van der Waals surface area contributed by atoms with Gasteiger partial charge >= 0.3 is 0 Å². The Balaban J connectivity index is 1.77. The van der Waals surface area contributed by atoms with Crippen molar-refractivity contribution in [3.05, 3.63) is 77.5 Å². The maximum Gasteiger partial charge on any atom is 0.259 e. The van der Waals surface area contributed by atoms with Gasteiger partial charge in [-0.15, -0.1) is 0 Å². The second-order valence-electron chi connectivity index (χ2n) is 5.73. The number of nitrogens with one attached hydrogen (secondary N) is 1. The highest BCUT2D eigenvalue weighted by molar-refractivity contribution is 6.07. The Morgan fingerprint density at radius 3 is 2.60 bits per heavy atom. The largest absolute Gasteiger partial charge is 0.457 e. The first-order valence-electron chi connectivity index (χ1n) is 7.91. The van der Waals surface area contributed by atoms with E-state index in [9.17, 15) is 4.79 Å². The van der Waals surface area contributed by atoms with Crippen molar-refractivity contribution in [2.24, 2.45) is 0 Å². The summed E-state index contributed by atoms with van der Waals surface area (Å²) in [5.41, 5.74) is 8.60. The van der Waals surface area contributed by atoms with Crippen LogP contribution in [0.15, 0.2) is 60.7 Å². The maximum atomic E-state index is 12.4. The van der Waals surface area contributed by atoms with Crippen molar-refractivity contribution >= 4 is 17.4 Å². The maximum absolute atomic E-state index is 12.4. The third kappa shape index (κ3) is 3.95. The van der Waals surface area contributed by atoms with E-state index in [-0.39, 0.29) is 11.7 Å². The summed E-state index contributed by atoms with van der Waals surface area (Å²) in [5, 5.41) is 2.82. The van der Waals surface area contributed by atoms with E-state index in [1.54, 1.807) is 24.3 Å². The highest BCUT2D eigenvalue weighted by Gasteiger charge is 2.11. The number of hydrogen-bond donors (Lipinski definition) is 2. The fourth-order valence-electron chi connectivity index (χ4n) is 2.40. The molecule has 0 radical (unpaired) electrons. The monoisotopic (exact) mass is 333 g/mol. The van der Waals surface area contributed by atoms with Crippen LogP contribution in [-0.4, -0.2) is 10.9 Å². The van der Waals surface area contributed by atoms with E-state index in [4.69, 9.17) is 10.5 Å². The number of para-hydroxylation sites is 1. The molecule has 3 aromatic rings. The van der Waals surface area contributed by atoms with Crippen molar-refractivity contribution in [3.8, 4) is 11.5 Å². The van der Waals surface area contributed by atoms with Gasteiger partial charge in [-0.1, -0.05) is 24.3 Å². The summed E-state index contributed by atoms with van der Waals surface area (Å²) in [6.45, 7) is 3.80. The molecular formula is C20H19N3O2. The quantitative estimate of drug-likeness (QED) is 0.745. The molecule has 3 rings (SSSR count). The second-order valence-corrected chi connectivity index (χ2v) is 5.73. The Bertz CT molecular complexity index is 922. The Hall–Kier alpha value is -3.34. The van der Waals surface area contributed by atoms with Crippen LogP contribution in [0.25, 0.3) is 0 Å². The lowest BCUT2D eigenvalue weighted by Gasteiger charge is -2.11. The summed E-state index contributed by atoms with van der Waals surface area (Å²) >= 11 is 0. The van der Waals surface area contributed by atoms with Gasteiger partial charge in [0.15, 0.2) is 0 Å². The summed E-state index contributed by atoms with van der Waals surface area (Å²) in [6.07, 6.45) is 0. The van der Waals surface area contributed by atoms with Gasteiger partial charge in [0.2, 0.25) is 0 Å². The molecule has 0 bridgehead atoms. The molecule has 5 nitrogen and oxygen atoms in total. The molecule has 2 aromatic carbocycles. The van der Waals surface area contributed by atoms with Gasteiger partial charge < -0.3 is 15.8 Å². The SMILES string of the molecule is Cc1ccc(C(=O)Nc2cccc(Oc3ccccc3C)c2)c(N)n1. The number of amides is 1. The number of nitrogens with two attached hydrogens (primary N) is 1. The summed E-state index contributed by atoms with van der Waals surface area (Å²) in [7, 11) is 0. The molecule has 126 valence electrons. The molecule has 1 heterocycles. The Morgan fingerprint density at radius 1 is 1.04 bits per heavy atom. The molecule has 0 unspecified atom stereocenters. The van der Waals surface area contributed by atoms with Gasteiger partial charge in [-0.05, 0) is 49.7 Å². The molecule has 1 amide bonds. The lowest BCUT2D eigenvalue weighted by molar-refractivity contribution is 0.102. The molecule has 25 heavy (non-hydrogen) atoms. The fraction of sp³-hybridized carbons (Fsp3) is 0.100. The number of carbonyl (C=O) groups excluding carboxylic acids is 1. The van der Waals surface area contributed by atoms with Crippen LogP contribution in [-0.2, 0) is 0 Å². The first kappa shape index (κ1) is 16.5. The van der Waals surface area contributed by atoms with E-state index in [0.29, 0.717) is 17.0 Å². The molecule has 0 aliphatic carbocycles. The number of aromatic nitrogens is 1. The van der Waals surface area contributed by atoms with Crippen LogP contribution in [0.1, 0.15) is 21.6 Å². The number of aryl methyl sites for hydroxylation is 2. The van der Waals surface area contributed by atoms with Crippen LogP contribution in [0.3, 0.4) is 0 Å². The van der Waals surface area contributed by atoms with Crippen LogP contribution in [0.5, 0.6) is 11.5 Å². The van der Waals surface area contributed by atoms with E-state index in [1.165, 1.54) is 0 Å². The predicted molar refractivity (Wildman–Crippen MR) is 99.0 cm³/mol. The Kier molecular flexibility index (Phi) is 4.66. The van der Waals surface area contributed by atoms with Gasteiger partial charge in [-0.25, -0.2) is 4.98 Å². The van der Waals surface area contributed by atoms with Crippen LogP contribution in [0, 0.1) is 13.8 Å². The van der Waals surface area contributed by atoms with Crippen molar-refractivity contribution in [1.82, 2.24) is 4.98 Å². The molecule has 3 N–H and O–H groups in total. The normalized spacial score (nSPS) is 10.3. The average molecular weight is 333 g/mol. The van der Waals surface area contributed by atoms with Gasteiger partial charge in [-0.3, -0.25) is 4.79 Å². The summed E-state index contributed by atoms with van der Waals surface area (Å²) in [4.78, 5) is 16.5. The number of hydrogen-bond acceptors (Lipinski definition) is 4. The van der Waals surface area contributed by atoms with Gasteiger partial charge in [0.1, 0.15) is 17.3 Å². The number of pyridine rings is 1. The Labute approximate surface area is 146 Å². The van der Waals surface area contributed by atoms with E-state index in [0.717, 1.165) is 17.0 Å². The zero-order valence-corrected chi connectivity index (χ0v) is 14.1.